The van der Waals surface area contributed by atoms with Crippen molar-refractivity contribution in [3.05, 3.63) is 51.5 Å². The van der Waals surface area contributed by atoms with Crippen molar-refractivity contribution >= 4 is 22.0 Å². The summed E-state index contributed by atoms with van der Waals surface area (Å²) in [6.45, 7) is 4.94. The summed E-state index contributed by atoms with van der Waals surface area (Å²) in [5.74, 6) is 0.383. The minimum atomic E-state index is -0.673. The van der Waals surface area contributed by atoms with Gasteiger partial charge in [-0.2, -0.15) is 5.10 Å². The number of hydrogen-bond acceptors (Lipinski definition) is 5. The molecule has 0 saturated heterocycles. The first-order chi connectivity index (χ1) is 12.2. The Balaban J connectivity index is 2.06. The molecule has 1 N–H and O–H groups in total. The maximum atomic E-state index is 13.1. The molecule has 26 heavy (non-hydrogen) atoms. The first kappa shape index (κ1) is 19.8. The average Bonchev–Trinajstić information content (AvgIpc) is 2.90. The Morgan fingerprint density at radius 3 is 2.81 bits per heavy atom. The lowest BCUT2D eigenvalue weighted by Gasteiger charge is -2.19. The number of halogens is 2. The zero-order valence-corrected chi connectivity index (χ0v) is 16.2. The maximum absolute atomic E-state index is 13.1. The number of nitrogens with zero attached hydrogens (tertiary/aromatic N) is 4. The average molecular weight is 428 g/mol. The van der Waals surface area contributed by atoms with Crippen LogP contribution in [0.3, 0.4) is 0 Å². The number of hydrogen-bond donors (Lipinski definition) is 1. The fourth-order valence-corrected chi connectivity index (χ4v) is 2.27. The second kappa shape index (κ2) is 8.26. The summed E-state index contributed by atoms with van der Waals surface area (Å²) < 4.78 is 21.3. The Labute approximate surface area is 157 Å². The largest absolute Gasteiger partial charge is 0.444 e. The van der Waals surface area contributed by atoms with Gasteiger partial charge in [-0.3, -0.25) is 0 Å². The van der Waals surface area contributed by atoms with Crippen LogP contribution >= 0.6 is 15.9 Å². The highest BCUT2D eigenvalue weighted by atomic mass is 79.9. The van der Waals surface area contributed by atoms with E-state index in [1.54, 1.807) is 39.1 Å². The molecule has 8 nitrogen and oxygen atoms in total. The molecule has 2 aromatic heterocycles. The van der Waals surface area contributed by atoms with E-state index in [0.717, 1.165) is 9.15 Å². The molecule has 0 aliphatic rings. The monoisotopic (exact) mass is 427 g/mol. The van der Waals surface area contributed by atoms with Crippen molar-refractivity contribution in [1.29, 1.82) is 0 Å². The van der Waals surface area contributed by atoms with Crippen molar-refractivity contribution in [2.24, 2.45) is 0 Å². The molecule has 1 amide bonds. The number of carbonyl (C=O) groups excluding carboxylic acids is 1. The molecule has 0 aliphatic heterocycles. The fourth-order valence-electron chi connectivity index (χ4n) is 1.95. The number of pyridine rings is 1. The number of ether oxygens (including phenoxy) is 1. The van der Waals surface area contributed by atoms with E-state index in [0.29, 0.717) is 12.1 Å². The van der Waals surface area contributed by atoms with E-state index < -0.39 is 17.4 Å². The molecule has 10 heteroatoms. The minimum Gasteiger partial charge on any atom is -0.444 e. The number of nitrogens with one attached hydrogen (secondary N) is 1. The van der Waals surface area contributed by atoms with Crippen molar-refractivity contribution in [2.45, 2.75) is 32.9 Å². The van der Waals surface area contributed by atoms with E-state index >= 15 is 0 Å². The van der Waals surface area contributed by atoms with Crippen LogP contribution in [0.4, 0.5) is 9.18 Å². The van der Waals surface area contributed by atoms with Gasteiger partial charge >= 0.3 is 11.8 Å². The third-order valence-corrected chi connectivity index (χ3v) is 3.55. The van der Waals surface area contributed by atoms with Gasteiger partial charge in [-0.15, -0.1) is 0 Å². The summed E-state index contributed by atoms with van der Waals surface area (Å²) in [7, 11) is 0. The molecule has 0 bridgehead atoms. The van der Waals surface area contributed by atoms with Crippen LogP contribution in [0.25, 0.3) is 5.82 Å². The Morgan fingerprint density at radius 1 is 1.46 bits per heavy atom. The smallest absolute Gasteiger partial charge is 0.407 e. The highest BCUT2D eigenvalue weighted by Crippen LogP contribution is 2.11. The zero-order chi connectivity index (χ0) is 19.3. The quantitative estimate of drug-likeness (QED) is 0.791. The number of rotatable bonds is 5. The van der Waals surface area contributed by atoms with Crippen LogP contribution < -0.4 is 11.0 Å². The van der Waals surface area contributed by atoms with Gasteiger partial charge in [0, 0.05) is 17.2 Å². The summed E-state index contributed by atoms with van der Waals surface area (Å²) >= 11 is 3.30. The summed E-state index contributed by atoms with van der Waals surface area (Å²) in [5.41, 5.74) is -0.978. The van der Waals surface area contributed by atoms with E-state index in [4.69, 9.17) is 4.74 Å². The highest BCUT2D eigenvalue weighted by Gasteiger charge is 2.16. The van der Waals surface area contributed by atoms with Gasteiger partial charge in [0.2, 0.25) is 0 Å². The van der Waals surface area contributed by atoms with Crippen LogP contribution in [-0.2, 0) is 11.3 Å². The second-order valence-electron chi connectivity index (χ2n) is 6.40. The van der Waals surface area contributed by atoms with Crippen LogP contribution in [-0.4, -0.2) is 37.6 Å². The molecular formula is C16H19BrFN5O3. The van der Waals surface area contributed by atoms with Crippen LogP contribution in [0, 0.1) is 0 Å². The number of aromatic nitrogens is 4. The van der Waals surface area contributed by atoms with Crippen molar-refractivity contribution in [1.82, 2.24) is 24.6 Å². The summed E-state index contributed by atoms with van der Waals surface area (Å²) in [4.78, 5) is 28.1. The molecule has 140 valence electrons. The molecule has 0 saturated carbocycles. The number of amides is 1. The topological polar surface area (TPSA) is 91.0 Å². The van der Waals surface area contributed by atoms with Crippen LogP contribution in [0.15, 0.2) is 45.8 Å². The first-order valence-electron chi connectivity index (χ1n) is 7.71. The molecule has 0 radical (unpaired) electrons. The van der Waals surface area contributed by atoms with Gasteiger partial charge in [0.1, 0.15) is 17.7 Å². The van der Waals surface area contributed by atoms with Gasteiger partial charge in [-0.25, -0.2) is 28.2 Å². The van der Waals surface area contributed by atoms with Crippen LogP contribution in [0.2, 0.25) is 0 Å². The lowest BCUT2D eigenvalue weighted by molar-refractivity contribution is 0.0532. The van der Waals surface area contributed by atoms with E-state index in [-0.39, 0.29) is 18.7 Å². The van der Waals surface area contributed by atoms with Gasteiger partial charge in [-0.05, 0) is 38.5 Å². The highest BCUT2D eigenvalue weighted by molar-refractivity contribution is 9.10. The Morgan fingerprint density at radius 2 is 2.19 bits per heavy atom. The van der Waals surface area contributed by atoms with E-state index in [9.17, 15) is 14.0 Å². The van der Waals surface area contributed by atoms with Crippen molar-refractivity contribution in [2.75, 3.05) is 6.54 Å². The van der Waals surface area contributed by atoms with E-state index in [2.05, 4.69) is 31.3 Å². The van der Waals surface area contributed by atoms with Gasteiger partial charge < -0.3 is 10.1 Å². The lowest BCUT2D eigenvalue weighted by atomic mass is 10.2. The van der Waals surface area contributed by atoms with Crippen LogP contribution in [0.5, 0.6) is 0 Å². The van der Waals surface area contributed by atoms with E-state index in [1.165, 1.54) is 10.9 Å². The van der Waals surface area contributed by atoms with Gasteiger partial charge in [0.25, 0.3) is 0 Å². The molecule has 2 aromatic rings. The molecule has 0 unspecified atom stereocenters. The predicted molar refractivity (Wildman–Crippen MR) is 96.7 cm³/mol. The minimum absolute atomic E-state index is 0.111. The normalized spacial score (nSPS) is 12.1. The predicted octanol–water partition coefficient (Wildman–Crippen LogP) is 2.57. The lowest BCUT2D eigenvalue weighted by Crippen LogP contribution is -2.34. The zero-order valence-electron chi connectivity index (χ0n) is 14.6. The number of alkyl carbamates (subject to hydrolysis) is 1. The SMILES string of the molecule is CC(C)(C)OC(=O)NC/C(=C\F)Cn1ncn(-c2cc(Br)ccn2)c1=O. The van der Waals surface area contributed by atoms with Crippen LogP contribution in [0.1, 0.15) is 20.8 Å². The third-order valence-electron chi connectivity index (χ3n) is 3.05. The molecule has 0 spiro atoms. The Hall–Kier alpha value is -2.49. The summed E-state index contributed by atoms with van der Waals surface area (Å²) in [6, 6.07) is 3.38. The van der Waals surface area contributed by atoms with Gasteiger partial charge in [0.05, 0.1) is 12.9 Å². The molecule has 2 rings (SSSR count). The van der Waals surface area contributed by atoms with Crippen molar-refractivity contribution in [3.63, 3.8) is 0 Å². The molecule has 0 fully saturated rings. The Bertz CT molecular complexity index is 869. The van der Waals surface area contributed by atoms with Gasteiger partial charge in [0.15, 0.2) is 0 Å². The van der Waals surface area contributed by atoms with Crippen molar-refractivity contribution < 1.29 is 13.9 Å². The standard InChI is InChI=1S/C16H19BrFN5O3/c1-16(2,3)26-14(24)20-8-11(7-18)9-23-15(25)22(10-21-23)13-6-12(17)4-5-19-13/h4-7,10H,8-9H2,1-3H3,(H,20,24)/b11-7+. The number of carbonyl (C=O) groups is 1. The molecule has 0 aromatic carbocycles. The summed E-state index contributed by atoms with van der Waals surface area (Å²) in [6.07, 6.45) is 2.50. The molecule has 0 aliphatic carbocycles. The second-order valence-corrected chi connectivity index (χ2v) is 7.31. The van der Waals surface area contributed by atoms with Gasteiger partial charge in [-0.1, -0.05) is 15.9 Å². The maximum Gasteiger partial charge on any atom is 0.407 e. The van der Waals surface area contributed by atoms with E-state index in [1.807, 2.05) is 0 Å². The Kier molecular flexibility index (Phi) is 6.30. The molecular weight excluding hydrogens is 409 g/mol. The van der Waals surface area contributed by atoms with Crippen molar-refractivity contribution in [3.8, 4) is 5.82 Å². The summed E-state index contributed by atoms with van der Waals surface area (Å²) in [5, 5.41) is 6.39. The molecule has 2 heterocycles. The fraction of sp³-hybridized carbons (Fsp3) is 0.375. The molecule has 0 atom stereocenters. The third kappa shape index (κ3) is 5.51. The first-order valence-corrected chi connectivity index (χ1v) is 8.50.